The third-order valence-corrected chi connectivity index (χ3v) is 4.55. The van der Waals surface area contributed by atoms with Crippen molar-refractivity contribution >= 4 is 28.2 Å². The van der Waals surface area contributed by atoms with E-state index in [9.17, 15) is 27.6 Å². The summed E-state index contributed by atoms with van der Waals surface area (Å²) in [6.07, 6.45) is -4.73. The molecule has 10 heteroatoms. The zero-order chi connectivity index (χ0) is 22.1. The Morgan fingerprint density at radius 1 is 1.13 bits per heavy atom. The molecule has 2 aromatic carbocycles. The van der Waals surface area contributed by atoms with Gasteiger partial charge in [0.05, 0.1) is 27.8 Å². The lowest BCUT2D eigenvalue weighted by atomic mass is 10.1. The minimum absolute atomic E-state index is 0.0125. The molecular weight excluding hydrogens is 401 g/mol. The normalized spacial score (nSPS) is 11.5. The van der Waals surface area contributed by atoms with Crippen molar-refractivity contribution in [2.24, 2.45) is 0 Å². The van der Waals surface area contributed by atoms with Gasteiger partial charge in [-0.2, -0.15) is 13.2 Å². The van der Waals surface area contributed by atoms with Crippen LogP contribution in [0.3, 0.4) is 0 Å². The van der Waals surface area contributed by atoms with E-state index in [0.29, 0.717) is 16.6 Å². The summed E-state index contributed by atoms with van der Waals surface area (Å²) < 4.78 is 40.4. The van der Waals surface area contributed by atoms with Crippen molar-refractivity contribution in [1.82, 2.24) is 9.55 Å². The van der Waals surface area contributed by atoms with Gasteiger partial charge in [-0.3, -0.25) is 19.1 Å². The fraction of sp³-hybridized carbons (Fsp3) is 0.250. The fourth-order valence-electron chi connectivity index (χ4n) is 3.09. The average molecular weight is 420 g/mol. The molecule has 30 heavy (non-hydrogen) atoms. The average Bonchev–Trinajstić information content (AvgIpc) is 2.67. The summed E-state index contributed by atoms with van der Waals surface area (Å²) >= 11 is 0. The van der Waals surface area contributed by atoms with Gasteiger partial charge in [0.15, 0.2) is 0 Å². The number of halogens is 3. The molecule has 0 radical (unpaired) electrons. The van der Waals surface area contributed by atoms with E-state index >= 15 is 0 Å². The molecule has 3 aromatic rings. The SMILES string of the molecule is CN(C)c1ccc(C(F)(F)F)cc1NC(=O)CCn1c(=O)[nH]c(=O)c2ccccc21. The van der Waals surface area contributed by atoms with Crippen molar-refractivity contribution in [1.29, 1.82) is 0 Å². The number of para-hydroxylation sites is 1. The number of rotatable bonds is 5. The maximum absolute atomic E-state index is 13.0. The molecule has 0 aliphatic carbocycles. The first kappa shape index (κ1) is 21.2. The molecule has 1 aromatic heterocycles. The minimum atomic E-state index is -4.55. The van der Waals surface area contributed by atoms with E-state index in [4.69, 9.17) is 0 Å². The largest absolute Gasteiger partial charge is 0.416 e. The lowest BCUT2D eigenvalue weighted by Gasteiger charge is -2.20. The van der Waals surface area contributed by atoms with Crippen LogP contribution in [-0.4, -0.2) is 29.6 Å². The van der Waals surface area contributed by atoms with Crippen LogP contribution < -0.4 is 21.5 Å². The van der Waals surface area contributed by atoms with Crippen LogP contribution in [0.4, 0.5) is 24.5 Å². The first-order valence-electron chi connectivity index (χ1n) is 8.98. The highest BCUT2D eigenvalue weighted by Gasteiger charge is 2.31. The van der Waals surface area contributed by atoms with Gasteiger partial charge in [0.2, 0.25) is 5.91 Å². The molecule has 0 aliphatic rings. The van der Waals surface area contributed by atoms with E-state index in [1.165, 1.54) is 10.6 Å². The number of carbonyl (C=O) groups excluding carboxylic acids is 1. The number of nitrogens with zero attached hydrogens (tertiary/aromatic N) is 2. The molecule has 1 amide bonds. The Balaban J connectivity index is 1.85. The number of fused-ring (bicyclic) bond motifs is 1. The van der Waals surface area contributed by atoms with Crippen LogP contribution in [0, 0.1) is 0 Å². The zero-order valence-electron chi connectivity index (χ0n) is 16.2. The predicted octanol–water partition coefficient (Wildman–Crippen LogP) is 2.80. The maximum atomic E-state index is 13.0. The van der Waals surface area contributed by atoms with Crippen LogP contribution in [-0.2, 0) is 17.5 Å². The van der Waals surface area contributed by atoms with Gasteiger partial charge >= 0.3 is 11.9 Å². The summed E-state index contributed by atoms with van der Waals surface area (Å²) in [5.41, 5.74) is -1.30. The van der Waals surface area contributed by atoms with Crippen molar-refractivity contribution in [3.8, 4) is 0 Å². The van der Waals surface area contributed by atoms with Gasteiger partial charge in [0.25, 0.3) is 5.56 Å². The van der Waals surface area contributed by atoms with E-state index < -0.39 is 28.9 Å². The van der Waals surface area contributed by atoms with Crippen LogP contribution in [0.1, 0.15) is 12.0 Å². The second kappa shape index (κ2) is 8.05. The maximum Gasteiger partial charge on any atom is 0.416 e. The van der Waals surface area contributed by atoms with Crippen LogP contribution in [0.25, 0.3) is 10.9 Å². The van der Waals surface area contributed by atoms with Crippen molar-refractivity contribution in [3.05, 3.63) is 68.9 Å². The number of anilines is 2. The number of H-pyrrole nitrogens is 1. The van der Waals surface area contributed by atoms with Crippen LogP contribution >= 0.6 is 0 Å². The summed E-state index contributed by atoms with van der Waals surface area (Å²) in [6, 6.07) is 9.53. The summed E-state index contributed by atoms with van der Waals surface area (Å²) in [7, 11) is 3.29. The second-order valence-electron chi connectivity index (χ2n) is 6.85. The molecule has 0 atom stereocenters. The van der Waals surface area contributed by atoms with Crippen molar-refractivity contribution < 1.29 is 18.0 Å². The molecule has 0 unspecified atom stereocenters. The number of hydrogen-bond donors (Lipinski definition) is 2. The summed E-state index contributed by atoms with van der Waals surface area (Å²) in [5, 5.41) is 2.78. The number of amides is 1. The number of aromatic nitrogens is 2. The Bertz CT molecular complexity index is 1210. The van der Waals surface area contributed by atoms with Gasteiger partial charge in [0.1, 0.15) is 0 Å². The van der Waals surface area contributed by atoms with Gasteiger partial charge in [-0.05, 0) is 30.3 Å². The summed E-state index contributed by atoms with van der Waals surface area (Å²) in [6.45, 7) is -0.0573. The van der Waals surface area contributed by atoms with Gasteiger partial charge in [-0.25, -0.2) is 4.79 Å². The minimum Gasteiger partial charge on any atom is -0.376 e. The summed E-state index contributed by atoms with van der Waals surface area (Å²) in [4.78, 5) is 40.3. The summed E-state index contributed by atoms with van der Waals surface area (Å²) in [5.74, 6) is -0.570. The third-order valence-electron chi connectivity index (χ3n) is 4.55. The second-order valence-corrected chi connectivity index (χ2v) is 6.85. The Morgan fingerprint density at radius 2 is 1.83 bits per heavy atom. The number of carbonyl (C=O) groups is 1. The molecule has 0 bridgehead atoms. The van der Waals surface area contributed by atoms with E-state index in [1.54, 1.807) is 43.3 Å². The molecule has 158 valence electrons. The monoisotopic (exact) mass is 420 g/mol. The van der Waals surface area contributed by atoms with Gasteiger partial charge < -0.3 is 10.2 Å². The van der Waals surface area contributed by atoms with Gasteiger partial charge in [-0.1, -0.05) is 12.1 Å². The molecule has 1 heterocycles. The Kier molecular flexibility index (Phi) is 5.68. The molecule has 0 saturated carbocycles. The fourth-order valence-corrected chi connectivity index (χ4v) is 3.09. The standard InChI is InChI=1S/C20H19F3N4O3/c1-26(2)16-8-7-12(20(21,22)23)11-14(16)24-17(28)9-10-27-15-6-4-3-5-13(15)18(29)25-19(27)30/h3-8,11H,9-10H2,1-2H3,(H,24,28)(H,25,29,30). The van der Waals surface area contributed by atoms with E-state index in [0.717, 1.165) is 12.1 Å². The quantitative estimate of drug-likeness (QED) is 0.665. The van der Waals surface area contributed by atoms with Crippen molar-refractivity contribution in [3.63, 3.8) is 0 Å². The third kappa shape index (κ3) is 4.37. The molecule has 0 saturated heterocycles. The van der Waals surface area contributed by atoms with Crippen LogP contribution in [0.15, 0.2) is 52.1 Å². The smallest absolute Gasteiger partial charge is 0.376 e. The molecular formula is C20H19F3N4O3. The van der Waals surface area contributed by atoms with Crippen molar-refractivity contribution in [2.45, 2.75) is 19.1 Å². The van der Waals surface area contributed by atoms with E-state index in [-0.39, 0.29) is 18.7 Å². The van der Waals surface area contributed by atoms with Gasteiger partial charge in [-0.15, -0.1) is 0 Å². The number of aryl methyl sites for hydroxylation is 1. The van der Waals surface area contributed by atoms with Gasteiger partial charge in [0, 0.05) is 27.1 Å². The first-order valence-corrected chi connectivity index (χ1v) is 8.98. The lowest BCUT2D eigenvalue weighted by molar-refractivity contribution is -0.137. The highest BCUT2D eigenvalue weighted by Crippen LogP contribution is 2.35. The molecule has 0 aliphatic heterocycles. The highest BCUT2D eigenvalue weighted by atomic mass is 19.4. The van der Waals surface area contributed by atoms with Crippen LogP contribution in [0.5, 0.6) is 0 Å². The molecule has 3 rings (SSSR count). The van der Waals surface area contributed by atoms with E-state index in [2.05, 4.69) is 10.3 Å². The number of hydrogen-bond acceptors (Lipinski definition) is 4. The van der Waals surface area contributed by atoms with E-state index in [1.807, 2.05) is 0 Å². The topological polar surface area (TPSA) is 87.2 Å². The molecule has 7 nitrogen and oxygen atoms in total. The molecule has 0 fully saturated rings. The number of aromatic amines is 1. The number of benzene rings is 2. The molecule has 0 spiro atoms. The first-order chi connectivity index (χ1) is 14.1. The zero-order valence-corrected chi connectivity index (χ0v) is 16.2. The molecule has 2 N–H and O–H groups in total. The number of alkyl halides is 3. The Morgan fingerprint density at radius 3 is 2.50 bits per heavy atom. The van der Waals surface area contributed by atoms with Crippen LogP contribution in [0.2, 0.25) is 0 Å². The lowest BCUT2D eigenvalue weighted by Crippen LogP contribution is -2.31. The number of nitrogens with one attached hydrogen (secondary N) is 2. The van der Waals surface area contributed by atoms with Crippen molar-refractivity contribution in [2.75, 3.05) is 24.3 Å². The Labute approximate surface area is 168 Å². The predicted molar refractivity (Wildman–Crippen MR) is 108 cm³/mol. The Hall–Kier alpha value is -3.56. The highest BCUT2D eigenvalue weighted by molar-refractivity contribution is 5.94.